The van der Waals surface area contributed by atoms with E-state index in [9.17, 15) is 0 Å². The van der Waals surface area contributed by atoms with Crippen molar-refractivity contribution in [2.75, 3.05) is 13.8 Å². The monoisotopic (exact) mass is 244 g/mol. The second-order valence-electron chi connectivity index (χ2n) is 4.01. The first-order valence-corrected chi connectivity index (χ1v) is 7.67. The fourth-order valence-electron chi connectivity index (χ4n) is 1.89. The van der Waals surface area contributed by atoms with E-state index in [4.69, 9.17) is 4.74 Å². The van der Waals surface area contributed by atoms with Crippen LogP contribution in [-0.2, 0) is 6.16 Å². The molecule has 0 aliphatic carbocycles. The minimum absolute atomic E-state index is 0.204. The van der Waals surface area contributed by atoms with Crippen molar-refractivity contribution in [3.8, 4) is 5.75 Å². The van der Waals surface area contributed by atoms with E-state index in [1.807, 2.05) is 12.1 Å². The molecule has 2 heteroatoms. The summed E-state index contributed by atoms with van der Waals surface area (Å²) in [6.07, 6.45) is 1.11. The quantitative estimate of drug-likeness (QED) is 0.746. The Morgan fingerprint density at radius 3 is 2.29 bits per heavy atom. The molecule has 0 radical (unpaired) electrons. The predicted octanol–water partition coefficient (Wildman–Crippen LogP) is 3.63. The lowest BCUT2D eigenvalue weighted by molar-refractivity contribution is 0.418. The Bertz CT molecular complexity index is 467. The van der Waals surface area contributed by atoms with Gasteiger partial charge in [-0.15, -0.1) is 0 Å². The normalized spacial score (nSPS) is 12.1. The SMILES string of the molecule is COc1ccccc1P(C)Cc1ccccc1. The molecule has 0 aromatic heterocycles. The van der Waals surface area contributed by atoms with Crippen molar-refractivity contribution in [1.29, 1.82) is 0 Å². The van der Waals surface area contributed by atoms with Crippen LogP contribution < -0.4 is 10.0 Å². The maximum atomic E-state index is 5.42. The third kappa shape index (κ3) is 3.08. The van der Waals surface area contributed by atoms with Crippen LogP contribution in [0.3, 0.4) is 0 Å². The van der Waals surface area contributed by atoms with Crippen LogP contribution in [0, 0.1) is 0 Å². The van der Waals surface area contributed by atoms with Crippen LogP contribution in [0.25, 0.3) is 0 Å². The van der Waals surface area contributed by atoms with Gasteiger partial charge in [0.25, 0.3) is 0 Å². The first-order valence-electron chi connectivity index (χ1n) is 5.69. The van der Waals surface area contributed by atoms with Crippen LogP contribution in [0.15, 0.2) is 54.6 Å². The topological polar surface area (TPSA) is 9.23 Å². The highest BCUT2D eigenvalue weighted by molar-refractivity contribution is 7.64. The van der Waals surface area contributed by atoms with Crippen molar-refractivity contribution in [3.05, 3.63) is 60.2 Å². The minimum atomic E-state index is -0.204. The van der Waals surface area contributed by atoms with Gasteiger partial charge in [-0.3, -0.25) is 0 Å². The Labute approximate surface area is 104 Å². The van der Waals surface area contributed by atoms with Crippen molar-refractivity contribution < 1.29 is 4.74 Å². The molecule has 0 N–H and O–H groups in total. The molecule has 0 fully saturated rings. The van der Waals surface area contributed by atoms with Crippen LogP contribution in [-0.4, -0.2) is 13.8 Å². The lowest BCUT2D eigenvalue weighted by Crippen LogP contribution is -2.05. The van der Waals surface area contributed by atoms with E-state index in [0.717, 1.165) is 11.9 Å². The lowest BCUT2D eigenvalue weighted by atomic mass is 10.2. The first-order chi connectivity index (χ1) is 8.31. The van der Waals surface area contributed by atoms with Gasteiger partial charge < -0.3 is 4.74 Å². The molecule has 0 bridgehead atoms. The summed E-state index contributed by atoms with van der Waals surface area (Å²) in [5, 5.41) is 1.34. The third-order valence-electron chi connectivity index (χ3n) is 2.76. The zero-order valence-electron chi connectivity index (χ0n) is 10.3. The molecule has 0 saturated heterocycles. The molecule has 0 aliphatic heterocycles. The lowest BCUT2D eigenvalue weighted by Gasteiger charge is -2.16. The molecule has 88 valence electrons. The van der Waals surface area contributed by atoms with Gasteiger partial charge in [-0.05, 0) is 24.5 Å². The number of benzene rings is 2. The third-order valence-corrected chi connectivity index (χ3v) is 4.79. The van der Waals surface area contributed by atoms with Crippen molar-refractivity contribution in [2.45, 2.75) is 6.16 Å². The highest BCUT2D eigenvalue weighted by Crippen LogP contribution is 2.37. The van der Waals surface area contributed by atoms with Crippen molar-refractivity contribution >= 4 is 13.2 Å². The molecule has 0 heterocycles. The summed E-state index contributed by atoms with van der Waals surface area (Å²) in [5.74, 6) is 1.01. The standard InChI is InChI=1S/C15H17OP/c1-16-14-10-6-7-11-15(14)17(2)12-13-8-4-3-5-9-13/h3-11H,12H2,1-2H3. The Morgan fingerprint density at radius 2 is 1.59 bits per heavy atom. The Hall–Kier alpha value is -1.33. The molecular weight excluding hydrogens is 227 g/mol. The van der Waals surface area contributed by atoms with E-state index in [-0.39, 0.29) is 7.92 Å². The van der Waals surface area contributed by atoms with Crippen molar-refractivity contribution in [1.82, 2.24) is 0 Å². The summed E-state index contributed by atoms with van der Waals surface area (Å²) < 4.78 is 5.42. The largest absolute Gasteiger partial charge is 0.496 e. The van der Waals surface area contributed by atoms with E-state index in [2.05, 4.69) is 49.1 Å². The second-order valence-corrected chi connectivity index (χ2v) is 6.21. The van der Waals surface area contributed by atoms with E-state index in [1.54, 1.807) is 7.11 Å². The molecule has 2 aromatic rings. The van der Waals surface area contributed by atoms with Gasteiger partial charge >= 0.3 is 0 Å². The maximum Gasteiger partial charge on any atom is 0.126 e. The molecule has 1 nitrogen and oxygen atoms in total. The summed E-state index contributed by atoms with van der Waals surface area (Å²) >= 11 is 0. The number of hydrogen-bond acceptors (Lipinski definition) is 1. The number of rotatable bonds is 4. The summed E-state index contributed by atoms with van der Waals surface area (Å²) in [4.78, 5) is 0. The molecule has 1 unspecified atom stereocenters. The fourth-order valence-corrected chi connectivity index (χ4v) is 3.70. The summed E-state index contributed by atoms with van der Waals surface area (Å²) in [6, 6.07) is 19.0. The van der Waals surface area contributed by atoms with E-state index in [0.29, 0.717) is 0 Å². The summed E-state index contributed by atoms with van der Waals surface area (Å²) in [7, 11) is 1.54. The molecule has 17 heavy (non-hydrogen) atoms. The molecular formula is C15H17OP. The molecule has 2 aromatic carbocycles. The number of hydrogen-bond donors (Lipinski definition) is 0. The highest BCUT2D eigenvalue weighted by Gasteiger charge is 2.10. The fraction of sp³-hybridized carbons (Fsp3) is 0.200. The van der Waals surface area contributed by atoms with Gasteiger partial charge in [0, 0.05) is 5.30 Å². The molecule has 2 rings (SSSR count). The molecule has 0 amide bonds. The van der Waals surface area contributed by atoms with E-state index >= 15 is 0 Å². The second kappa shape index (κ2) is 5.84. The molecule has 0 spiro atoms. The zero-order valence-corrected chi connectivity index (χ0v) is 11.2. The van der Waals surface area contributed by atoms with Gasteiger partial charge in [0.2, 0.25) is 0 Å². The number of ether oxygens (including phenoxy) is 1. The molecule has 0 saturated carbocycles. The molecule has 0 aliphatic rings. The highest BCUT2D eigenvalue weighted by atomic mass is 31.1. The maximum absolute atomic E-state index is 5.42. The Kier molecular flexibility index (Phi) is 4.17. The van der Waals surface area contributed by atoms with E-state index < -0.39 is 0 Å². The van der Waals surface area contributed by atoms with Crippen molar-refractivity contribution in [3.63, 3.8) is 0 Å². The number of para-hydroxylation sites is 1. The minimum Gasteiger partial charge on any atom is -0.496 e. The van der Waals surface area contributed by atoms with Crippen molar-refractivity contribution in [2.24, 2.45) is 0 Å². The van der Waals surface area contributed by atoms with Crippen LogP contribution in [0.2, 0.25) is 0 Å². The predicted molar refractivity (Wildman–Crippen MR) is 75.6 cm³/mol. The summed E-state index contributed by atoms with van der Waals surface area (Å²) in [5.41, 5.74) is 1.40. The van der Waals surface area contributed by atoms with Gasteiger partial charge in [0.15, 0.2) is 0 Å². The van der Waals surface area contributed by atoms with Crippen LogP contribution in [0.5, 0.6) is 5.75 Å². The van der Waals surface area contributed by atoms with Crippen LogP contribution in [0.1, 0.15) is 5.56 Å². The van der Waals surface area contributed by atoms with Gasteiger partial charge in [-0.2, -0.15) is 0 Å². The van der Waals surface area contributed by atoms with Crippen LogP contribution in [0.4, 0.5) is 0 Å². The van der Waals surface area contributed by atoms with Gasteiger partial charge in [-0.1, -0.05) is 56.5 Å². The smallest absolute Gasteiger partial charge is 0.126 e. The molecule has 1 atom stereocenters. The number of methoxy groups -OCH3 is 1. The zero-order chi connectivity index (χ0) is 12.1. The Morgan fingerprint density at radius 1 is 0.941 bits per heavy atom. The van der Waals surface area contributed by atoms with E-state index in [1.165, 1.54) is 10.9 Å². The van der Waals surface area contributed by atoms with Crippen LogP contribution >= 0.6 is 7.92 Å². The average molecular weight is 244 g/mol. The van der Waals surface area contributed by atoms with Gasteiger partial charge in [0.05, 0.1) is 7.11 Å². The first kappa shape index (κ1) is 12.1. The van der Waals surface area contributed by atoms with Gasteiger partial charge in [0.1, 0.15) is 5.75 Å². The van der Waals surface area contributed by atoms with Gasteiger partial charge in [-0.25, -0.2) is 0 Å². The average Bonchev–Trinajstić information content (AvgIpc) is 2.40. The summed E-state index contributed by atoms with van der Waals surface area (Å²) in [6.45, 7) is 2.31. The Balaban J connectivity index is 2.17.